The number of carbonyl (C=O) groups is 1. The van der Waals surface area contributed by atoms with Crippen LogP contribution in [0.1, 0.15) is 22.3 Å². The van der Waals surface area contributed by atoms with Crippen molar-refractivity contribution in [3.63, 3.8) is 0 Å². The third-order valence-corrected chi connectivity index (χ3v) is 3.75. The molecule has 0 spiro atoms. The number of hydrogen-bond donors (Lipinski definition) is 2. The highest BCUT2D eigenvalue weighted by atomic mass is 19.1. The number of carboxylic acids is 1. The number of para-hydroxylation sites is 1. The van der Waals surface area contributed by atoms with E-state index in [1.54, 1.807) is 0 Å². The predicted molar refractivity (Wildman–Crippen MR) is 79.5 cm³/mol. The molecular weight excluding hydrogens is 271 g/mol. The summed E-state index contributed by atoms with van der Waals surface area (Å²) in [6, 6.07) is 10.3. The Morgan fingerprint density at radius 2 is 2.00 bits per heavy atom. The van der Waals surface area contributed by atoms with Crippen LogP contribution in [-0.2, 0) is 6.42 Å². The first kappa shape index (κ1) is 13.4. The molecule has 3 rings (SSSR count). The second kappa shape index (κ2) is 5.09. The molecule has 1 aliphatic heterocycles. The van der Waals surface area contributed by atoms with Crippen LogP contribution in [0.5, 0.6) is 0 Å². The molecule has 1 heterocycles. The summed E-state index contributed by atoms with van der Waals surface area (Å²) in [5.41, 5.74) is 8.51. The summed E-state index contributed by atoms with van der Waals surface area (Å²) in [5.74, 6) is -2.08. The minimum atomic E-state index is -1.32. The maximum atomic E-state index is 13.9. The molecule has 5 heteroatoms. The highest BCUT2D eigenvalue weighted by Crippen LogP contribution is 2.37. The summed E-state index contributed by atoms with van der Waals surface area (Å²) in [7, 11) is 0. The number of nitrogen functional groups attached to an aromatic ring is 1. The van der Waals surface area contributed by atoms with Gasteiger partial charge in [-0.05, 0) is 30.5 Å². The van der Waals surface area contributed by atoms with Gasteiger partial charge in [0.1, 0.15) is 5.82 Å². The first-order valence-corrected chi connectivity index (χ1v) is 6.75. The summed E-state index contributed by atoms with van der Waals surface area (Å²) < 4.78 is 13.9. The molecule has 0 aliphatic carbocycles. The summed E-state index contributed by atoms with van der Waals surface area (Å²) in [6.07, 6.45) is 1.92. The number of halogens is 1. The van der Waals surface area contributed by atoms with Gasteiger partial charge in [0.2, 0.25) is 0 Å². The van der Waals surface area contributed by atoms with Crippen molar-refractivity contribution in [3.8, 4) is 0 Å². The van der Waals surface area contributed by atoms with Crippen LogP contribution in [0.2, 0.25) is 0 Å². The van der Waals surface area contributed by atoms with Crippen molar-refractivity contribution in [3.05, 3.63) is 53.3 Å². The second-order valence-electron chi connectivity index (χ2n) is 5.08. The van der Waals surface area contributed by atoms with Gasteiger partial charge in [0.25, 0.3) is 0 Å². The average Bonchev–Trinajstić information content (AvgIpc) is 2.48. The van der Waals surface area contributed by atoms with Gasteiger partial charge >= 0.3 is 5.97 Å². The normalized spacial score (nSPS) is 13.9. The molecule has 21 heavy (non-hydrogen) atoms. The molecule has 0 unspecified atom stereocenters. The molecule has 2 aromatic rings. The van der Waals surface area contributed by atoms with Crippen LogP contribution < -0.4 is 10.6 Å². The summed E-state index contributed by atoms with van der Waals surface area (Å²) >= 11 is 0. The zero-order valence-corrected chi connectivity index (χ0v) is 11.3. The maximum Gasteiger partial charge on any atom is 0.338 e. The molecule has 0 atom stereocenters. The Bertz CT molecular complexity index is 715. The van der Waals surface area contributed by atoms with Gasteiger partial charge in [0.15, 0.2) is 0 Å². The van der Waals surface area contributed by atoms with Crippen molar-refractivity contribution in [2.45, 2.75) is 12.8 Å². The topological polar surface area (TPSA) is 66.6 Å². The molecule has 0 radical (unpaired) electrons. The van der Waals surface area contributed by atoms with Crippen molar-refractivity contribution >= 4 is 23.0 Å². The van der Waals surface area contributed by atoms with Crippen molar-refractivity contribution in [1.29, 1.82) is 0 Å². The standard InChI is InChI=1S/C16H15FN2O2/c17-12-9-15(13(18)8-11(12)16(20)21)19-7-3-5-10-4-1-2-6-14(10)19/h1-2,4,6,8-9H,3,5,7,18H2,(H,20,21). The monoisotopic (exact) mass is 286 g/mol. The minimum absolute atomic E-state index is 0.269. The Kier molecular flexibility index (Phi) is 3.25. The molecule has 2 aromatic carbocycles. The van der Waals surface area contributed by atoms with Crippen LogP contribution >= 0.6 is 0 Å². The van der Waals surface area contributed by atoms with Gasteiger partial charge in [-0.25, -0.2) is 9.18 Å². The molecule has 0 saturated heterocycles. The van der Waals surface area contributed by atoms with Gasteiger partial charge in [-0.3, -0.25) is 0 Å². The number of fused-ring (bicyclic) bond motifs is 1. The highest BCUT2D eigenvalue weighted by Gasteiger charge is 2.22. The van der Waals surface area contributed by atoms with E-state index in [4.69, 9.17) is 10.8 Å². The fourth-order valence-corrected chi connectivity index (χ4v) is 2.76. The zero-order chi connectivity index (χ0) is 15.0. The number of aryl methyl sites for hydroxylation is 1. The molecule has 0 saturated carbocycles. The molecular formula is C16H15FN2O2. The molecule has 1 aliphatic rings. The SMILES string of the molecule is Nc1cc(C(=O)O)c(F)cc1N1CCCc2ccccc21. The van der Waals surface area contributed by atoms with E-state index in [0.29, 0.717) is 5.69 Å². The molecule has 0 bridgehead atoms. The van der Waals surface area contributed by atoms with Crippen molar-refractivity contribution < 1.29 is 14.3 Å². The van der Waals surface area contributed by atoms with Gasteiger partial charge in [-0.1, -0.05) is 18.2 Å². The van der Waals surface area contributed by atoms with Crippen LogP contribution in [0.15, 0.2) is 36.4 Å². The fourth-order valence-electron chi connectivity index (χ4n) is 2.76. The van der Waals surface area contributed by atoms with Crippen molar-refractivity contribution in [2.24, 2.45) is 0 Å². The smallest absolute Gasteiger partial charge is 0.338 e. The molecule has 4 nitrogen and oxygen atoms in total. The quantitative estimate of drug-likeness (QED) is 0.832. The van der Waals surface area contributed by atoms with E-state index in [1.165, 1.54) is 17.7 Å². The molecule has 0 aromatic heterocycles. The van der Waals surface area contributed by atoms with E-state index >= 15 is 0 Å². The van der Waals surface area contributed by atoms with Gasteiger partial charge in [0, 0.05) is 18.3 Å². The van der Waals surface area contributed by atoms with E-state index in [2.05, 4.69) is 0 Å². The predicted octanol–water partition coefficient (Wildman–Crippen LogP) is 3.19. The van der Waals surface area contributed by atoms with Crippen molar-refractivity contribution in [1.82, 2.24) is 0 Å². The Balaban J connectivity index is 2.10. The third kappa shape index (κ3) is 2.31. The lowest BCUT2D eigenvalue weighted by molar-refractivity contribution is 0.0692. The minimum Gasteiger partial charge on any atom is -0.478 e. The Labute approximate surface area is 121 Å². The molecule has 0 fully saturated rings. The second-order valence-corrected chi connectivity index (χ2v) is 5.08. The van der Waals surface area contributed by atoms with Crippen LogP contribution in [0, 0.1) is 5.82 Å². The lowest BCUT2D eigenvalue weighted by Gasteiger charge is -2.32. The van der Waals surface area contributed by atoms with E-state index in [1.807, 2.05) is 29.2 Å². The number of benzene rings is 2. The Morgan fingerprint density at radius 1 is 1.24 bits per heavy atom. The number of rotatable bonds is 2. The molecule has 108 valence electrons. The van der Waals surface area contributed by atoms with Crippen LogP contribution in [-0.4, -0.2) is 17.6 Å². The number of anilines is 3. The lowest BCUT2D eigenvalue weighted by Crippen LogP contribution is -2.25. The van der Waals surface area contributed by atoms with E-state index < -0.39 is 17.3 Å². The van der Waals surface area contributed by atoms with Gasteiger partial charge in [-0.2, -0.15) is 0 Å². The molecule has 3 N–H and O–H groups in total. The Hall–Kier alpha value is -2.56. The van der Waals surface area contributed by atoms with Crippen molar-refractivity contribution in [2.75, 3.05) is 17.2 Å². The van der Waals surface area contributed by atoms with Crippen LogP contribution in [0.4, 0.5) is 21.5 Å². The first-order valence-electron chi connectivity index (χ1n) is 6.75. The highest BCUT2D eigenvalue weighted by molar-refractivity contribution is 5.91. The summed E-state index contributed by atoms with van der Waals surface area (Å²) in [5, 5.41) is 8.94. The summed E-state index contributed by atoms with van der Waals surface area (Å²) in [4.78, 5) is 12.9. The first-order chi connectivity index (χ1) is 10.1. The van der Waals surface area contributed by atoms with Gasteiger partial charge < -0.3 is 15.7 Å². The van der Waals surface area contributed by atoms with Gasteiger partial charge in [0.05, 0.1) is 16.9 Å². The third-order valence-electron chi connectivity index (χ3n) is 3.75. The van der Waals surface area contributed by atoms with E-state index in [-0.39, 0.29) is 5.69 Å². The number of carboxylic acid groups (broad SMARTS) is 1. The Morgan fingerprint density at radius 3 is 2.76 bits per heavy atom. The zero-order valence-electron chi connectivity index (χ0n) is 11.3. The average molecular weight is 286 g/mol. The van der Waals surface area contributed by atoms with Gasteiger partial charge in [-0.15, -0.1) is 0 Å². The number of aromatic carboxylic acids is 1. The summed E-state index contributed by atoms with van der Waals surface area (Å²) in [6.45, 7) is 0.729. The number of nitrogens with zero attached hydrogens (tertiary/aromatic N) is 1. The maximum absolute atomic E-state index is 13.9. The van der Waals surface area contributed by atoms with E-state index in [0.717, 1.165) is 25.1 Å². The van der Waals surface area contributed by atoms with Crippen LogP contribution in [0.25, 0.3) is 0 Å². The van der Waals surface area contributed by atoms with E-state index in [9.17, 15) is 9.18 Å². The fraction of sp³-hybridized carbons (Fsp3) is 0.188. The largest absolute Gasteiger partial charge is 0.478 e. The van der Waals surface area contributed by atoms with Crippen LogP contribution in [0.3, 0.4) is 0 Å². The molecule has 0 amide bonds. The lowest BCUT2D eigenvalue weighted by atomic mass is 10.0. The number of hydrogen-bond acceptors (Lipinski definition) is 3. The number of nitrogens with two attached hydrogens (primary N) is 1.